The molecule has 5 rings (SSSR count). The van der Waals surface area contributed by atoms with Crippen LogP contribution in [0.5, 0.6) is 11.5 Å². The first-order valence-corrected chi connectivity index (χ1v) is 11.3. The van der Waals surface area contributed by atoms with Crippen LogP contribution in [-0.2, 0) is 9.53 Å². The smallest absolute Gasteiger partial charge is 0.251 e. The molecule has 6 heteroatoms. The summed E-state index contributed by atoms with van der Waals surface area (Å²) in [6, 6.07) is 16.2. The average molecular weight is 433 g/mol. The van der Waals surface area contributed by atoms with Gasteiger partial charge in [-0.15, -0.1) is 0 Å². The monoisotopic (exact) mass is 432 g/mol. The van der Waals surface area contributed by atoms with E-state index in [2.05, 4.69) is 23.2 Å². The fraction of sp³-hybridized carbons (Fsp3) is 0.385. The van der Waals surface area contributed by atoms with E-state index in [0.717, 1.165) is 72.3 Å². The van der Waals surface area contributed by atoms with E-state index in [1.165, 1.54) is 0 Å². The number of methoxy groups -OCH3 is 1. The first-order valence-electron chi connectivity index (χ1n) is 11.3. The number of para-hydroxylation sites is 1. The van der Waals surface area contributed by atoms with Gasteiger partial charge in [0.1, 0.15) is 29.2 Å². The Morgan fingerprint density at radius 1 is 1.06 bits per heavy atom. The van der Waals surface area contributed by atoms with E-state index in [9.17, 15) is 4.79 Å². The van der Waals surface area contributed by atoms with Crippen molar-refractivity contribution in [2.24, 2.45) is 0 Å². The molecule has 0 saturated carbocycles. The summed E-state index contributed by atoms with van der Waals surface area (Å²) in [6.45, 7) is 2.16. The van der Waals surface area contributed by atoms with Crippen LogP contribution in [-0.4, -0.2) is 54.8 Å². The van der Waals surface area contributed by atoms with Gasteiger partial charge in [-0.3, -0.25) is 9.78 Å². The van der Waals surface area contributed by atoms with Gasteiger partial charge in [0.15, 0.2) is 0 Å². The maximum atomic E-state index is 12.5. The topological polar surface area (TPSA) is 60.9 Å². The average Bonchev–Trinajstić information content (AvgIpc) is 3.39. The van der Waals surface area contributed by atoms with E-state index >= 15 is 0 Å². The highest BCUT2D eigenvalue weighted by Gasteiger charge is 2.31. The second kappa shape index (κ2) is 9.17. The minimum Gasteiger partial charge on any atom is -0.494 e. The third-order valence-corrected chi connectivity index (χ3v) is 6.34. The highest BCUT2D eigenvalue weighted by atomic mass is 16.5. The Labute approximate surface area is 188 Å². The van der Waals surface area contributed by atoms with Gasteiger partial charge in [0.05, 0.1) is 7.11 Å². The van der Waals surface area contributed by atoms with Crippen LogP contribution in [0.2, 0.25) is 0 Å². The predicted octanol–water partition coefficient (Wildman–Crippen LogP) is 4.46. The highest BCUT2D eigenvalue weighted by molar-refractivity contribution is 5.88. The number of amides is 1. The quantitative estimate of drug-likeness (QED) is 0.596. The molecule has 2 aliphatic heterocycles. The molecule has 2 aromatic carbocycles. The van der Waals surface area contributed by atoms with Crippen LogP contribution in [0.3, 0.4) is 0 Å². The Hall–Kier alpha value is -3.12. The van der Waals surface area contributed by atoms with Crippen molar-refractivity contribution in [2.75, 3.05) is 26.8 Å². The molecule has 2 aliphatic rings. The molecule has 6 nitrogen and oxygen atoms in total. The van der Waals surface area contributed by atoms with Crippen LogP contribution in [0.15, 0.2) is 54.7 Å². The van der Waals surface area contributed by atoms with Crippen LogP contribution >= 0.6 is 0 Å². The number of hydrogen-bond donors (Lipinski definition) is 0. The van der Waals surface area contributed by atoms with E-state index < -0.39 is 0 Å². The molecule has 0 aliphatic carbocycles. The SMILES string of the molecule is COc1cccc2cc(-c3ccc(OC4CCN(C(=O)[C@H]5CCCO5)CC4)cc3)cnc12. The van der Waals surface area contributed by atoms with Crippen molar-refractivity contribution >= 4 is 16.8 Å². The largest absolute Gasteiger partial charge is 0.494 e. The number of carbonyl (C=O) groups is 1. The van der Waals surface area contributed by atoms with Crippen molar-refractivity contribution in [2.45, 2.75) is 37.9 Å². The maximum absolute atomic E-state index is 12.5. The first kappa shape index (κ1) is 20.8. The van der Waals surface area contributed by atoms with Gasteiger partial charge in [-0.05, 0) is 42.7 Å². The molecule has 1 amide bonds. The number of rotatable bonds is 5. The van der Waals surface area contributed by atoms with Gasteiger partial charge in [0.25, 0.3) is 5.91 Å². The summed E-state index contributed by atoms with van der Waals surface area (Å²) in [7, 11) is 1.66. The van der Waals surface area contributed by atoms with Crippen LogP contribution in [0.25, 0.3) is 22.0 Å². The zero-order valence-electron chi connectivity index (χ0n) is 18.3. The Balaban J connectivity index is 1.20. The van der Waals surface area contributed by atoms with Gasteiger partial charge in [-0.25, -0.2) is 0 Å². The number of hydrogen-bond acceptors (Lipinski definition) is 5. The van der Waals surface area contributed by atoms with Crippen LogP contribution in [0.1, 0.15) is 25.7 Å². The third-order valence-electron chi connectivity index (χ3n) is 6.34. The van der Waals surface area contributed by atoms with E-state index in [0.29, 0.717) is 6.61 Å². The van der Waals surface area contributed by atoms with Crippen LogP contribution in [0.4, 0.5) is 0 Å². The van der Waals surface area contributed by atoms with Crippen molar-refractivity contribution in [3.63, 3.8) is 0 Å². The molecule has 1 aromatic heterocycles. The molecule has 2 saturated heterocycles. The standard InChI is InChI=1S/C26H28N2O4/c1-30-23-5-2-4-19-16-20(17-27-25(19)23)18-7-9-21(10-8-18)32-22-11-13-28(14-12-22)26(29)24-6-3-15-31-24/h2,4-5,7-10,16-17,22,24H,3,6,11-15H2,1H3/t24-/m1/s1. The lowest BCUT2D eigenvalue weighted by atomic mass is 10.0. The number of piperidine rings is 1. The molecule has 166 valence electrons. The second-order valence-corrected chi connectivity index (χ2v) is 8.42. The lowest BCUT2D eigenvalue weighted by Crippen LogP contribution is -2.45. The van der Waals surface area contributed by atoms with Crippen molar-refractivity contribution in [3.05, 3.63) is 54.7 Å². The minimum atomic E-state index is -0.231. The summed E-state index contributed by atoms with van der Waals surface area (Å²) >= 11 is 0. The number of fused-ring (bicyclic) bond motifs is 1. The summed E-state index contributed by atoms with van der Waals surface area (Å²) in [5.74, 6) is 1.78. The summed E-state index contributed by atoms with van der Waals surface area (Å²) in [6.07, 6.45) is 5.29. The highest BCUT2D eigenvalue weighted by Crippen LogP contribution is 2.29. The molecule has 2 fully saturated rings. The van der Waals surface area contributed by atoms with Gasteiger partial charge in [-0.1, -0.05) is 24.3 Å². The Kier molecular flexibility index (Phi) is 5.95. The summed E-state index contributed by atoms with van der Waals surface area (Å²) < 4.78 is 17.1. The van der Waals surface area contributed by atoms with Crippen molar-refractivity contribution in [3.8, 4) is 22.6 Å². The van der Waals surface area contributed by atoms with Crippen molar-refractivity contribution in [1.29, 1.82) is 0 Å². The Bertz CT molecular complexity index is 1080. The van der Waals surface area contributed by atoms with Crippen molar-refractivity contribution in [1.82, 2.24) is 9.88 Å². The number of pyridine rings is 1. The minimum absolute atomic E-state index is 0.129. The summed E-state index contributed by atoms with van der Waals surface area (Å²) in [4.78, 5) is 19.0. The molecule has 0 bridgehead atoms. The molecule has 0 N–H and O–H groups in total. The summed E-state index contributed by atoms with van der Waals surface area (Å²) in [5, 5.41) is 1.05. The lowest BCUT2D eigenvalue weighted by Gasteiger charge is -2.33. The van der Waals surface area contributed by atoms with E-state index in [4.69, 9.17) is 14.2 Å². The lowest BCUT2D eigenvalue weighted by molar-refractivity contribution is -0.142. The second-order valence-electron chi connectivity index (χ2n) is 8.42. The number of likely N-dealkylation sites (tertiary alicyclic amines) is 1. The maximum Gasteiger partial charge on any atom is 0.251 e. The van der Waals surface area contributed by atoms with E-state index in [1.807, 2.05) is 41.4 Å². The molecule has 1 atom stereocenters. The van der Waals surface area contributed by atoms with Gasteiger partial charge in [0, 0.05) is 49.7 Å². The number of aromatic nitrogens is 1. The van der Waals surface area contributed by atoms with Gasteiger partial charge in [0.2, 0.25) is 0 Å². The third kappa shape index (κ3) is 4.28. The van der Waals surface area contributed by atoms with E-state index in [1.54, 1.807) is 7.11 Å². The normalized spacial score (nSPS) is 19.3. The predicted molar refractivity (Wildman–Crippen MR) is 123 cm³/mol. The zero-order valence-corrected chi connectivity index (χ0v) is 18.3. The zero-order chi connectivity index (χ0) is 21.9. The Morgan fingerprint density at radius 3 is 2.59 bits per heavy atom. The number of carbonyl (C=O) groups excluding carboxylic acids is 1. The van der Waals surface area contributed by atoms with Crippen molar-refractivity contribution < 1.29 is 19.0 Å². The van der Waals surface area contributed by atoms with Crippen LogP contribution < -0.4 is 9.47 Å². The number of nitrogens with zero attached hydrogens (tertiary/aromatic N) is 2. The molecule has 3 aromatic rings. The van der Waals surface area contributed by atoms with Gasteiger partial charge >= 0.3 is 0 Å². The fourth-order valence-electron chi connectivity index (χ4n) is 4.54. The van der Waals surface area contributed by atoms with Gasteiger partial charge in [-0.2, -0.15) is 0 Å². The molecule has 0 unspecified atom stereocenters. The van der Waals surface area contributed by atoms with E-state index in [-0.39, 0.29) is 18.1 Å². The molecule has 3 heterocycles. The summed E-state index contributed by atoms with van der Waals surface area (Å²) in [5.41, 5.74) is 3.01. The first-order chi connectivity index (χ1) is 15.7. The fourth-order valence-corrected chi connectivity index (χ4v) is 4.54. The molecular formula is C26H28N2O4. The number of ether oxygens (including phenoxy) is 3. The Morgan fingerprint density at radius 2 is 1.88 bits per heavy atom. The van der Waals surface area contributed by atoms with Gasteiger partial charge < -0.3 is 19.1 Å². The molecule has 0 spiro atoms. The molecule has 32 heavy (non-hydrogen) atoms. The molecule has 0 radical (unpaired) electrons. The number of benzene rings is 2. The van der Waals surface area contributed by atoms with Crippen LogP contribution in [0, 0.1) is 0 Å². The molecular weight excluding hydrogens is 404 g/mol.